The van der Waals surface area contributed by atoms with E-state index in [4.69, 9.17) is 4.74 Å². The van der Waals surface area contributed by atoms with Crippen LogP contribution in [-0.4, -0.2) is 38.8 Å². The van der Waals surface area contributed by atoms with Crippen molar-refractivity contribution in [2.24, 2.45) is 4.99 Å². The molecule has 0 aromatic rings. The summed E-state index contributed by atoms with van der Waals surface area (Å²) < 4.78 is 5.27. The Morgan fingerprint density at radius 1 is 1.56 bits per heavy atom. The molecule has 0 saturated carbocycles. The van der Waals surface area contributed by atoms with E-state index in [1.165, 1.54) is 5.57 Å². The van der Waals surface area contributed by atoms with Crippen LogP contribution < -0.4 is 10.6 Å². The molecule has 104 valence electrons. The third kappa shape index (κ3) is 7.71. The van der Waals surface area contributed by atoms with E-state index < -0.39 is 0 Å². The molecule has 1 aliphatic rings. The Hall–Kier alpha value is -0.560. The highest BCUT2D eigenvalue weighted by atomic mass is 127. The molecule has 1 rings (SSSR count). The van der Waals surface area contributed by atoms with Gasteiger partial charge < -0.3 is 15.4 Å². The molecule has 5 heteroatoms. The molecule has 0 aliphatic carbocycles. The molecule has 0 radical (unpaired) electrons. The highest BCUT2D eigenvalue weighted by Crippen LogP contribution is 2.11. The average Bonchev–Trinajstić information content (AvgIpc) is 2.37. The first-order chi connectivity index (χ1) is 8.36. The molecule has 0 bridgehead atoms. The van der Waals surface area contributed by atoms with Crippen molar-refractivity contribution in [3.05, 3.63) is 24.3 Å². The second-order valence-corrected chi connectivity index (χ2v) is 3.87. The highest BCUT2D eigenvalue weighted by Gasteiger charge is 2.03. The fraction of sp³-hybridized carbons (Fsp3) is 0.615. The van der Waals surface area contributed by atoms with E-state index in [0.29, 0.717) is 0 Å². The summed E-state index contributed by atoms with van der Waals surface area (Å²) in [6.45, 7) is 9.78. The van der Waals surface area contributed by atoms with Gasteiger partial charge in [0, 0.05) is 19.6 Å². The Morgan fingerprint density at radius 3 is 3.00 bits per heavy atom. The summed E-state index contributed by atoms with van der Waals surface area (Å²) >= 11 is 0. The van der Waals surface area contributed by atoms with Gasteiger partial charge in [0.05, 0.1) is 13.2 Å². The van der Waals surface area contributed by atoms with Crippen molar-refractivity contribution in [3.8, 4) is 0 Å². The summed E-state index contributed by atoms with van der Waals surface area (Å²) in [7, 11) is 0. The van der Waals surface area contributed by atoms with Crippen LogP contribution in [0.15, 0.2) is 29.3 Å². The summed E-state index contributed by atoms with van der Waals surface area (Å²) in [4.78, 5) is 4.51. The lowest BCUT2D eigenvalue weighted by Crippen LogP contribution is -2.37. The van der Waals surface area contributed by atoms with Crippen molar-refractivity contribution in [3.63, 3.8) is 0 Å². The van der Waals surface area contributed by atoms with Gasteiger partial charge in [-0.3, -0.25) is 4.99 Å². The number of ether oxygens (including phenoxy) is 1. The third-order valence-corrected chi connectivity index (χ3v) is 2.52. The van der Waals surface area contributed by atoms with Crippen LogP contribution in [0.4, 0.5) is 0 Å². The van der Waals surface area contributed by atoms with Crippen molar-refractivity contribution in [2.45, 2.75) is 19.8 Å². The summed E-state index contributed by atoms with van der Waals surface area (Å²) in [5.41, 5.74) is 1.46. The molecular weight excluding hydrogens is 341 g/mol. The van der Waals surface area contributed by atoms with Crippen LogP contribution in [-0.2, 0) is 4.74 Å². The van der Waals surface area contributed by atoms with Gasteiger partial charge in [-0.15, -0.1) is 30.6 Å². The molecule has 0 fully saturated rings. The van der Waals surface area contributed by atoms with E-state index in [1.807, 2.05) is 6.08 Å². The van der Waals surface area contributed by atoms with Crippen LogP contribution >= 0.6 is 24.0 Å². The number of aliphatic imine (C=N–C) groups is 1. The van der Waals surface area contributed by atoms with E-state index in [0.717, 1.165) is 51.6 Å². The predicted molar refractivity (Wildman–Crippen MR) is 87.7 cm³/mol. The first kappa shape index (κ1) is 17.4. The Bertz CT molecular complexity index is 290. The Morgan fingerprint density at radius 2 is 2.39 bits per heavy atom. The molecular formula is C13H24IN3O. The van der Waals surface area contributed by atoms with Crippen molar-refractivity contribution in [1.29, 1.82) is 0 Å². The van der Waals surface area contributed by atoms with Gasteiger partial charge >= 0.3 is 0 Å². The van der Waals surface area contributed by atoms with Crippen molar-refractivity contribution in [1.82, 2.24) is 10.6 Å². The van der Waals surface area contributed by atoms with Crippen molar-refractivity contribution >= 4 is 29.9 Å². The monoisotopic (exact) mass is 365 g/mol. The summed E-state index contributed by atoms with van der Waals surface area (Å²) in [5, 5.41) is 6.39. The number of nitrogens with zero attached hydrogens (tertiary/aromatic N) is 1. The Kier molecular flexibility index (Phi) is 11.2. The van der Waals surface area contributed by atoms with Gasteiger partial charge in [-0.25, -0.2) is 0 Å². The van der Waals surface area contributed by atoms with E-state index in [-0.39, 0.29) is 24.0 Å². The topological polar surface area (TPSA) is 45.7 Å². The maximum Gasteiger partial charge on any atom is 0.191 e. The predicted octanol–water partition coefficient (Wildman–Crippen LogP) is 2.08. The molecule has 0 aromatic heterocycles. The second-order valence-electron chi connectivity index (χ2n) is 3.87. The smallest absolute Gasteiger partial charge is 0.191 e. The molecule has 2 N–H and O–H groups in total. The van der Waals surface area contributed by atoms with Crippen LogP contribution in [0.2, 0.25) is 0 Å². The number of hydrogen-bond donors (Lipinski definition) is 2. The van der Waals surface area contributed by atoms with Crippen LogP contribution in [0.5, 0.6) is 0 Å². The standard InChI is InChI=1S/C13H23N3O.HI/c1-3-8-15-13(14-4-2)16-9-5-12-6-10-17-11-7-12;/h3,6H,1,4-5,7-11H2,2H3,(H2,14,15,16);1H. The second kappa shape index (κ2) is 11.5. The Labute approximate surface area is 127 Å². The van der Waals surface area contributed by atoms with Crippen LogP contribution in [0.1, 0.15) is 19.8 Å². The van der Waals surface area contributed by atoms with Gasteiger partial charge in [0.1, 0.15) is 0 Å². The fourth-order valence-electron chi connectivity index (χ4n) is 1.61. The zero-order chi connectivity index (χ0) is 12.3. The fourth-order valence-corrected chi connectivity index (χ4v) is 1.61. The van der Waals surface area contributed by atoms with E-state index >= 15 is 0 Å². The molecule has 0 atom stereocenters. The lowest BCUT2D eigenvalue weighted by molar-refractivity contribution is 0.153. The van der Waals surface area contributed by atoms with Gasteiger partial charge in [0.25, 0.3) is 0 Å². The maximum absolute atomic E-state index is 5.27. The minimum absolute atomic E-state index is 0. The molecule has 1 heterocycles. The molecule has 0 aromatic carbocycles. The van der Waals surface area contributed by atoms with Gasteiger partial charge in [0.2, 0.25) is 0 Å². The number of guanidine groups is 1. The molecule has 4 nitrogen and oxygen atoms in total. The lowest BCUT2D eigenvalue weighted by atomic mass is 10.1. The number of rotatable bonds is 6. The number of hydrogen-bond acceptors (Lipinski definition) is 2. The Balaban J connectivity index is 0.00000289. The van der Waals surface area contributed by atoms with Crippen molar-refractivity contribution < 1.29 is 4.74 Å². The number of halogens is 1. The first-order valence-electron chi connectivity index (χ1n) is 6.25. The van der Waals surface area contributed by atoms with Crippen LogP contribution in [0.25, 0.3) is 0 Å². The maximum atomic E-state index is 5.27. The van der Waals surface area contributed by atoms with E-state index in [2.05, 4.69) is 35.2 Å². The van der Waals surface area contributed by atoms with Crippen LogP contribution in [0.3, 0.4) is 0 Å². The van der Waals surface area contributed by atoms with E-state index in [1.54, 1.807) is 0 Å². The quantitative estimate of drug-likeness (QED) is 0.328. The molecule has 0 saturated heterocycles. The SMILES string of the molecule is C=CCNC(=NCCC1=CCOCC1)NCC.I. The minimum Gasteiger partial charge on any atom is -0.377 e. The summed E-state index contributed by atoms with van der Waals surface area (Å²) in [6, 6.07) is 0. The largest absolute Gasteiger partial charge is 0.377 e. The molecule has 18 heavy (non-hydrogen) atoms. The normalized spacial score (nSPS) is 15.4. The van der Waals surface area contributed by atoms with Crippen LogP contribution in [0, 0.1) is 0 Å². The first-order valence-corrected chi connectivity index (χ1v) is 6.25. The zero-order valence-electron chi connectivity index (χ0n) is 11.1. The third-order valence-electron chi connectivity index (χ3n) is 2.52. The molecule has 0 spiro atoms. The van der Waals surface area contributed by atoms with Gasteiger partial charge in [0.15, 0.2) is 5.96 Å². The van der Waals surface area contributed by atoms with E-state index in [9.17, 15) is 0 Å². The van der Waals surface area contributed by atoms with Gasteiger partial charge in [-0.05, 0) is 19.8 Å². The zero-order valence-corrected chi connectivity index (χ0v) is 13.4. The van der Waals surface area contributed by atoms with Gasteiger partial charge in [-0.2, -0.15) is 0 Å². The van der Waals surface area contributed by atoms with Gasteiger partial charge in [-0.1, -0.05) is 17.7 Å². The summed E-state index contributed by atoms with van der Waals surface area (Å²) in [5.74, 6) is 0.861. The highest BCUT2D eigenvalue weighted by molar-refractivity contribution is 14.0. The lowest BCUT2D eigenvalue weighted by Gasteiger charge is -2.13. The summed E-state index contributed by atoms with van der Waals surface area (Å²) in [6.07, 6.45) is 6.07. The minimum atomic E-state index is 0. The molecule has 1 aliphatic heterocycles. The number of nitrogens with one attached hydrogen (secondary N) is 2. The molecule has 0 amide bonds. The molecule has 0 unspecified atom stereocenters. The van der Waals surface area contributed by atoms with Crippen molar-refractivity contribution in [2.75, 3.05) is 32.8 Å². The average molecular weight is 365 g/mol.